The molecule has 10 nitrogen and oxygen atoms in total. The zero-order chi connectivity index (χ0) is 30.0. The standard InChI is InChI=1S/C31H43ClN6O4/c1-21(2)42-30(39)18-41-17-22(3)36-23-7-9-24(10-8-23)37-29-15-25(26(32)16-34-29)27-5-4-6-28(38-27)35-20-31(19-33)11-13-40-14-12-31/h4-6,15-16,21-24,36H,7-14,17-18,20H2,1-3H3,(H,34,37)(H,35,38)/t22-,23?,24?/m1/s1. The van der Waals surface area contributed by atoms with Gasteiger partial charge in [-0.05, 0) is 77.5 Å². The molecule has 0 spiro atoms. The number of hydrogen-bond donors (Lipinski definition) is 3. The molecule has 2 aromatic rings. The summed E-state index contributed by atoms with van der Waals surface area (Å²) < 4.78 is 16.1. The Morgan fingerprint density at radius 3 is 2.62 bits per heavy atom. The lowest BCUT2D eigenvalue weighted by Gasteiger charge is -2.32. The minimum atomic E-state index is -0.440. The highest BCUT2D eigenvalue weighted by Crippen LogP contribution is 2.32. The van der Waals surface area contributed by atoms with E-state index in [4.69, 9.17) is 30.8 Å². The number of hydrogen-bond acceptors (Lipinski definition) is 10. The quantitative estimate of drug-likeness (QED) is 0.264. The van der Waals surface area contributed by atoms with Crippen LogP contribution in [0.15, 0.2) is 30.5 Å². The van der Waals surface area contributed by atoms with Crippen LogP contribution in [0, 0.1) is 16.7 Å². The molecule has 3 heterocycles. The lowest BCUT2D eigenvalue weighted by atomic mass is 9.82. The van der Waals surface area contributed by atoms with Crippen molar-refractivity contribution >= 4 is 29.2 Å². The highest BCUT2D eigenvalue weighted by Gasteiger charge is 2.32. The molecule has 42 heavy (non-hydrogen) atoms. The van der Waals surface area contributed by atoms with Gasteiger partial charge in [0.05, 0.1) is 34.9 Å². The molecule has 0 aromatic carbocycles. The number of ether oxygens (including phenoxy) is 3. The summed E-state index contributed by atoms with van der Waals surface area (Å²) in [4.78, 5) is 21.0. The predicted molar refractivity (Wildman–Crippen MR) is 163 cm³/mol. The van der Waals surface area contributed by atoms with Gasteiger partial charge in [0.1, 0.15) is 18.2 Å². The molecule has 228 valence electrons. The van der Waals surface area contributed by atoms with Crippen LogP contribution < -0.4 is 16.0 Å². The van der Waals surface area contributed by atoms with Crippen molar-refractivity contribution in [2.75, 3.05) is 43.6 Å². The Labute approximate surface area is 253 Å². The summed E-state index contributed by atoms with van der Waals surface area (Å²) in [6.45, 7) is 7.90. The average Bonchev–Trinajstić information content (AvgIpc) is 2.98. The smallest absolute Gasteiger partial charge is 0.332 e. The van der Waals surface area contributed by atoms with Crippen LogP contribution in [0.1, 0.15) is 59.3 Å². The minimum Gasteiger partial charge on any atom is -0.461 e. The number of carbonyl (C=O) groups is 1. The predicted octanol–water partition coefficient (Wildman–Crippen LogP) is 5.20. The summed E-state index contributed by atoms with van der Waals surface area (Å²) in [6, 6.07) is 11.1. The molecule has 2 fully saturated rings. The van der Waals surface area contributed by atoms with Gasteiger partial charge in [-0.3, -0.25) is 0 Å². The number of nitrogens with one attached hydrogen (secondary N) is 3. The molecule has 4 rings (SSSR count). The summed E-state index contributed by atoms with van der Waals surface area (Å²) in [5, 5.41) is 20.9. The number of carbonyl (C=O) groups excluding carboxylic acids is 1. The summed E-state index contributed by atoms with van der Waals surface area (Å²) in [6.07, 6.45) is 7.04. The largest absolute Gasteiger partial charge is 0.461 e. The molecule has 11 heteroatoms. The summed E-state index contributed by atoms with van der Waals surface area (Å²) in [5.41, 5.74) is 1.11. The van der Waals surface area contributed by atoms with E-state index in [9.17, 15) is 10.1 Å². The van der Waals surface area contributed by atoms with E-state index in [2.05, 4.69) is 33.9 Å². The summed E-state index contributed by atoms with van der Waals surface area (Å²) in [5.74, 6) is 1.14. The van der Waals surface area contributed by atoms with Gasteiger partial charge in [0.25, 0.3) is 0 Å². The Balaban J connectivity index is 1.26. The molecule has 2 aromatic heterocycles. The van der Waals surface area contributed by atoms with Crippen molar-refractivity contribution in [2.45, 2.75) is 83.5 Å². The number of nitriles is 1. The molecule has 0 amide bonds. The topological polar surface area (TPSA) is 130 Å². The number of nitrogens with zero attached hydrogens (tertiary/aromatic N) is 3. The number of aromatic nitrogens is 2. The second-order valence-electron chi connectivity index (χ2n) is 11.6. The monoisotopic (exact) mass is 598 g/mol. The summed E-state index contributed by atoms with van der Waals surface area (Å²) in [7, 11) is 0. The number of esters is 1. The maximum Gasteiger partial charge on any atom is 0.332 e. The van der Waals surface area contributed by atoms with Crippen LogP contribution in [0.5, 0.6) is 0 Å². The first-order chi connectivity index (χ1) is 20.2. The molecule has 0 radical (unpaired) electrons. The highest BCUT2D eigenvalue weighted by molar-refractivity contribution is 6.33. The van der Waals surface area contributed by atoms with Gasteiger partial charge in [-0.25, -0.2) is 14.8 Å². The Morgan fingerprint density at radius 2 is 1.90 bits per heavy atom. The molecule has 1 saturated carbocycles. The zero-order valence-corrected chi connectivity index (χ0v) is 25.6. The van der Waals surface area contributed by atoms with Crippen LogP contribution in [0.4, 0.5) is 11.6 Å². The second-order valence-corrected chi connectivity index (χ2v) is 12.0. The molecule has 2 aliphatic rings. The van der Waals surface area contributed by atoms with E-state index in [1.54, 1.807) is 6.20 Å². The average molecular weight is 599 g/mol. The molecule has 0 bridgehead atoms. The molecule has 1 atom stereocenters. The molecule has 3 N–H and O–H groups in total. The van der Waals surface area contributed by atoms with Gasteiger partial charge in [-0.1, -0.05) is 17.7 Å². The molecule has 1 aliphatic heterocycles. The van der Waals surface area contributed by atoms with Crippen LogP contribution in [0.2, 0.25) is 5.02 Å². The van der Waals surface area contributed by atoms with Crippen LogP contribution in [-0.2, 0) is 19.0 Å². The Bertz CT molecular complexity index is 1210. The SMILES string of the molecule is CC(C)OC(=O)COC[C@@H](C)NC1CCC(Nc2cc(-c3cccc(NCC4(C#N)CCOCC4)n3)c(Cl)cn2)CC1. The third-order valence-corrected chi connectivity index (χ3v) is 8.03. The van der Waals surface area contributed by atoms with Crippen molar-refractivity contribution in [3.8, 4) is 17.3 Å². The van der Waals surface area contributed by atoms with Gasteiger partial charge in [-0.2, -0.15) is 5.26 Å². The number of rotatable bonds is 13. The highest BCUT2D eigenvalue weighted by atomic mass is 35.5. The van der Waals surface area contributed by atoms with Crippen molar-refractivity contribution in [2.24, 2.45) is 5.41 Å². The van der Waals surface area contributed by atoms with E-state index >= 15 is 0 Å². The van der Waals surface area contributed by atoms with E-state index in [0.29, 0.717) is 62.1 Å². The van der Waals surface area contributed by atoms with Gasteiger partial charge in [0.15, 0.2) is 0 Å². The van der Waals surface area contributed by atoms with Gasteiger partial charge in [-0.15, -0.1) is 0 Å². The Kier molecular flexibility index (Phi) is 11.8. The van der Waals surface area contributed by atoms with Crippen LogP contribution in [0.3, 0.4) is 0 Å². The first-order valence-corrected chi connectivity index (χ1v) is 15.3. The van der Waals surface area contributed by atoms with Crippen molar-refractivity contribution in [1.29, 1.82) is 5.26 Å². The van der Waals surface area contributed by atoms with E-state index < -0.39 is 5.41 Å². The lowest BCUT2D eigenvalue weighted by molar-refractivity contribution is -0.152. The molecule has 1 saturated heterocycles. The van der Waals surface area contributed by atoms with E-state index in [1.807, 2.05) is 38.1 Å². The van der Waals surface area contributed by atoms with E-state index in [-0.39, 0.29) is 24.7 Å². The molecule has 1 aliphatic carbocycles. The fraction of sp³-hybridized carbons (Fsp3) is 0.613. The van der Waals surface area contributed by atoms with E-state index in [1.165, 1.54) is 0 Å². The molecule has 0 unspecified atom stereocenters. The van der Waals surface area contributed by atoms with Crippen molar-refractivity contribution in [1.82, 2.24) is 15.3 Å². The lowest BCUT2D eigenvalue weighted by Crippen LogP contribution is -2.43. The van der Waals surface area contributed by atoms with Gasteiger partial charge in [0.2, 0.25) is 0 Å². The van der Waals surface area contributed by atoms with Crippen LogP contribution in [-0.4, -0.2) is 73.1 Å². The first kappa shape index (κ1) is 32.0. The maximum atomic E-state index is 11.6. The van der Waals surface area contributed by atoms with Crippen molar-refractivity contribution in [3.05, 3.63) is 35.5 Å². The second kappa shape index (κ2) is 15.5. The zero-order valence-electron chi connectivity index (χ0n) is 24.8. The minimum absolute atomic E-state index is 0.0228. The van der Waals surface area contributed by atoms with Gasteiger partial charge >= 0.3 is 5.97 Å². The van der Waals surface area contributed by atoms with Crippen LogP contribution in [0.25, 0.3) is 11.3 Å². The third kappa shape index (κ3) is 9.53. The molecular weight excluding hydrogens is 556 g/mol. The normalized spacial score (nSPS) is 20.9. The molecular formula is C31H43ClN6O4. The number of pyridine rings is 2. The first-order valence-electron chi connectivity index (χ1n) is 14.9. The Morgan fingerprint density at radius 1 is 1.17 bits per heavy atom. The fourth-order valence-electron chi connectivity index (χ4n) is 5.43. The van der Waals surface area contributed by atoms with Gasteiger partial charge in [0, 0.05) is 49.6 Å². The maximum absolute atomic E-state index is 11.6. The van der Waals surface area contributed by atoms with E-state index in [0.717, 1.165) is 42.8 Å². The van der Waals surface area contributed by atoms with Gasteiger partial charge < -0.3 is 30.2 Å². The van der Waals surface area contributed by atoms with Crippen molar-refractivity contribution in [3.63, 3.8) is 0 Å². The Hall–Kier alpha value is -2.97. The van der Waals surface area contributed by atoms with Crippen LogP contribution >= 0.6 is 11.6 Å². The summed E-state index contributed by atoms with van der Waals surface area (Å²) >= 11 is 6.56. The number of anilines is 2. The fourth-order valence-corrected chi connectivity index (χ4v) is 5.63. The third-order valence-electron chi connectivity index (χ3n) is 7.73. The number of halogens is 1. The van der Waals surface area contributed by atoms with Crippen molar-refractivity contribution < 1.29 is 19.0 Å².